The van der Waals surface area contributed by atoms with E-state index >= 15 is 0 Å². The molecule has 0 spiro atoms. The highest BCUT2D eigenvalue weighted by atomic mass is 35.5. The second kappa shape index (κ2) is 6.45. The van der Waals surface area contributed by atoms with Crippen LogP contribution >= 0.6 is 11.6 Å². The second-order valence-electron chi connectivity index (χ2n) is 5.18. The van der Waals surface area contributed by atoms with Gasteiger partial charge in [-0.25, -0.2) is 4.98 Å². The van der Waals surface area contributed by atoms with Crippen LogP contribution in [0.2, 0.25) is 5.02 Å². The maximum absolute atomic E-state index is 12.0. The van der Waals surface area contributed by atoms with Crippen LogP contribution in [0.15, 0.2) is 18.2 Å². The first kappa shape index (κ1) is 15.8. The highest BCUT2D eigenvalue weighted by Crippen LogP contribution is 2.19. The van der Waals surface area contributed by atoms with Crippen LogP contribution < -0.4 is 5.32 Å². The molecule has 1 heterocycles. The summed E-state index contributed by atoms with van der Waals surface area (Å²) in [4.78, 5) is 18.3. The van der Waals surface area contributed by atoms with Gasteiger partial charge in [0.1, 0.15) is 5.82 Å². The third-order valence-corrected chi connectivity index (χ3v) is 3.96. The zero-order chi connectivity index (χ0) is 15.6. The number of aryl methyl sites for hydroxylation is 1. The summed E-state index contributed by atoms with van der Waals surface area (Å²) in [6.45, 7) is 5.07. The Labute approximate surface area is 129 Å². The number of hydrogen-bond acceptors (Lipinski definition) is 3. The van der Waals surface area contributed by atoms with Crippen LogP contribution in [-0.2, 0) is 18.4 Å². The van der Waals surface area contributed by atoms with E-state index in [4.69, 9.17) is 11.6 Å². The van der Waals surface area contributed by atoms with Crippen molar-refractivity contribution in [3.8, 4) is 0 Å². The number of halogens is 1. The van der Waals surface area contributed by atoms with Crippen molar-refractivity contribution in [2.24, 2.45) is 7.05 Å². The third-order valence-electron chi connectivity index (χ3n) is 3.72. The molecule has 0 aliphatic rings. The summed E-state index contributed by atoms with van der Waals surface area (Å²) in [5.74, 6) is 0.963. The number of aromatic nitrogens is 2. The maximum atomic E-state index is 12.0. The van der Waals surface area contributed by atoms with E-state index in [1.54, 1.807) is 11.9 Å². The molecule has 2 rings (SSSR count). The molecule has 1 amide bonds. The van der Waals surface area contributed by atoms with Crippen molar-refractivity contribution in [2.75, 3.05) is 13.6 Å². The molecule has 6 heteroatoms. The Morgan fingerprint density at radius 3 is 2.90 bits per heavy atom. The second-order valence-corrected chi connectivity index (χ2v) is 5.61. The molecule has 2 aromatic rings. The summed E-state index contributed by atoms with van der Waals surface area (Å²) in [7, 11) is 3.77. The number of nitrogens with one attached hydrogen (secondary N) is 1. The van der Waals surface area contributed by atoms with E-state index < -0.39 is 0 Å². The number of likely N-dealkylation sites (N-methyl/N-ethyl adjacent to an activating group) is 1. The monoisotopic (exact) mass is 308 g/mol. The van der Waals surface area contributed by atoms with E-state index in [-0.39, 0.29) is 11.9 Å². The van der Waals surface area contributed by atoms with Crippen LogP contribution in [0, 0.1) is 0 Å². The van der Waals surface area contributed by atoms with Crippen LogP contribution in [0.3, 0.4) is 0 Å². The van der Waals surface area contributed by atoms with E-state index in [9.17, 15) is 4.79 Å². The average molecular weight is 309 g/mol. The molecule has 0 radical (unpaired) electrons. The number of amides is 1. The molecule has 0 bridgehead atoms. The smallest absolute Gasteiger partial charge is 0.239 e. The Bertz CT molecular complexity index is 652. The van der Waals surface area contributed by atoms with Gasteiger partial charge in [-0.2, -0.15) is 0 Å². The largest absolute Gasteiger partial charge is 0.345 e. The Morgan fingerprint density at radius 1 is 1.52 bits per heavy atom. The normalized spacial score (nSPS) is 12.6. The zero-order valence-electron chi connectivity index (χ0n) is 12.9. The lowest BCUT2D eigenvalue weighted by Crippen LogP contribution is -2.43. The third kappa shape index (κ3) is 3.36. The Kier molecular flexibility index (Phi) is 4.85. The molecule has 1 unspecified atom stereocenters. The van der Waals surface area contributed by atoms with Crippen LogP contribution in [0.5, 0.6) is 0 Å². The molecule has 114 valence electrons. The molecule has 1 aromatic heterocycles. The number of benzene rings is 1. The number of carbonyl (C=O) groups excluding carboxylic acids is 1. The number of rotatable bonds is 5. The summed E-state index contributed by atoms with van der Waals surface area (Å²) < 4.78 is 2.01. The first-order valence-corrected chi connectivity index (χ1v) is 7.41. The molecule has 5 nitrogen and oxygen atoms in total. The molecule has 1 atom stereocenters. The van der Waals surface area contributed by atoms with E-state index in [0.29, 0.717) is 18.1 Å². The van der Waals surface area contributed by atoms with Gasteiger partial charge in [0.05, 0.1) is 23.6 Å². The lowest BCUT2D eigenvalue weighted by Gasteiger charge is -2.20. The van der Waals surface area contributed by atoms with Gasteiger partial charge < -0.3 is 9.47 Å². The van der Waals surface area contributed by atoms with Gasteiger partial charge in [-0.3, -0.25) is 10.1 Å². The Hall–Kier alpha value is -1.59. The molecular weight excluding hydrogens is 288 g/mol. The fraction of sp³-hybridized carbons (Fsp3) is 0.467. The van der Waals surface area contributed by atoms with Gasteiger partial charge in [-0.05, 0) is 32.0 Å². The van der Waals surface area contributed by atoms with Gasteiger partial charge in [0.2, 0.25) is 5.91 Å². The zero-order valence-corrected chi connectivity index (χ0v) is 13.6. The first-order valence-electron chi connectivity index (χ1n) is 7.03. The predicted octanol–water partition coefficient (Wildman–Crippen LogP) is 2.18. The van der Waals surface area contributed by atoms with Crippen LogP contribution in [0.25, 0.3) is 11.0 Å². The van der Waals surface area contributed by atoms with E-state index in [2.05, 4.69) is 10.3 Å². The molecule has 0 fully saturated rings. The highest BCUT2D eigenvalue weighted by Gasteiger charge is 2.17. The molecule has 1 N–H and O–H groups in total. The highest BCUT2D eigenvalue weighted by molar-refractivity contribution is 6.31. The first-order chi connectivity index (χ1) is 9.93. The number of nitrogens with zero attached hydrogens (tertiary/aromatic N) is 3. The van der Waals surface area contributed by atoms with E-state index in [0.717, 1.165) is 16.9 Å². The van der Waals surface area contributed by atoms with Crippen molar-refractivity contribution >= 4 is 28.5 Å². The minimum absolute atomic E-state index is 0.0827. The lowest BCUT2D eigenvalue weighted by molar-refractivity contribution is -0.131. The molecule has 0 aliphatic carbocycles. The summed E-state index contributed by atoms with van der Waals surface area (Å²) in [6.07, 6.45) is 0. The standard InChI is InChI=1S/C15H21ClN4O/c1-5-19(3)15(21)10(2)17-9-14-18-12-8-11(16)6-7-13(12)20(14)4/h6-8,10,17H,5,9H2,1-4H3. The molecule has 21 heavy (non-hydrogen) atoms. The summed E-state index contributed by atoms with van der Waals surface area (Å²) >= 11 is 5.99. The molecule has 0 saturated heterocycles. The summed E-state index contributed by atoms with van der Waals surface area (Å²) in [5, 5.41) is 3.90. The van der Waals surface area contributed by atoms with Gasteiger partial charge in [0, 0.05) is 25.7 Å². The Morgan fingerprint density at radius 2 is 2.24 bits per heavy atom. The number of imidazole rings is 1. The topological polar surface area (TPSA) is 50.2 Å². The minimum Gasteiger partial charge on any atom is -0.345 e. The Balaban J connectivity index is 2.10. The van der Waals surface area contributed by atoms with Gasteiger partial charge in [-0.15, -0.1) is 0 Å². The average Bonchev–Trinajstić information content (AvgIpc) is 2.78. The summed E-state index contributed by atoms with van der Waals surface area (Å²) in [6, 6.07) is 5.41. The fourth-order valence-electron chi connectivity index (χ4n) is 2.20. The fourth-order valence-corrected chi connectivity index (χ4v) is 2.37. The van der Waals surface area contributed by atoms with Crippen molar-refractivity contribution in [3.05, 3.63) is 29.0 Å². The van der Waals surface area contributed by atoms with Gasteiger partial charge in [0.15, 0.2) is 0 Å². The van der Waals surface area contributed by atoms with Crippen molar-refractivity contribution < 1.29 is 4.79 Å². The van der Waals surface area contributed by atoms with Crippen LogP contribution in [0.4, 0.5) is 0 Å². The summed E-state index contributed by atoms with van der Waals surface area (Å²) in [5.41, 5.74) is 1.90. The van der Waals surface area contributed by atoms with Crippen LogP contribution in [0.1, 0.15) is 19.7 Å². The predicted molar refractivity (Wildman–Crippen MR) is 85.3 cm³/mol. The molecule has 0 aliphatic heterocycles. The van der Waals surface area contributed by atoms with Gasteiger partial charge in [0.25, 0.3) is 0 Å². The van der Waals surface area contributed by atoms with Gasteiger partial charge >= 0.3 is 0 Å². The van der Waals surface area contributed by atoms with Crippen molar-refractivity contribution in [1.29, 1.82) is 0 Å². The van der Waals surface area contributed by atoms with E-state index in [1.807, 2.05) is 43.7 Å². The van der Waals surface area contributed by atoms with Crippen LogP contribution in [-0.4, -0.2) is 40.0 Å². The van der Waals surface area contributed by atoms with E-state index in [1.165, 1.54) is 0 Å². The lowest BCUT2D eigenvalue weighted by atomic mass is 10.3. The molecule has 0 saturated carbocycles. The number of carbonyl (C=O) groups is 1. The maximum Gasteiger partial charge on any atom is 0.239 e. The molecular formula is C15H21ClN4O. The minimum atomic E-state index is -0.238. The quantitative estimate of drug-likeness (QED) is 0.921. The SMILES string of the molecule is CCN(C)C(=O)C(C)NCc1nc2cc(Cl)ccc2n1C. The molecule has 1 aromatic carbocycles. The van der Waals surface area contributed by atoms with Crippen molar-refractivity contribution in [2.45, 2.75) is 26.4 Å². The number of fused-ring (bicyclic) bond motifs is 1. The van der Waals surface area contributed by atoms with Gasteiger partial charge in [-0.1, -0.05) is 11.6 Å². The van der Waals surface area contributed by atoms with Crippen molar-refractivity contribution in [3.63, 3.8) is 0 Å². The number of hydrogen-bond donors (Lipinski definition) is 1. The van der Waals surface area contributed by atoms with Crippen molar-refractivity contribution in [1.82, 2.24) is 19.8 Å².